The molecular weight excluding hydrogens is 669 g/mol. The van der Waals surface area contributed by atoms with Crippen molar-refractivity contribution in [1.29, 1.82) is 0 Å². The number of hydrogen-bond donors (Lipinski definition) is 4. The second-order valence-electron chi connectivity index (χ2n) is 13.2. The molecule has 0 spiro atoms. The van der Waals surface area contributed by atoms with Crippen molar-refractivity contribution in [3.8, 4) is 11.5 Å². The molecule has 1 aliphatic carbocycles. The standard InChI is InChI=1S/C40H40N10O3/c1-26-46-48-50(47-26)34-23-33(36(51)37(34)52)49-25-43-35-38(42-24-32(28-11-5-2-6-12-28)29-13-7-3-8-14-29)44-40(45-39(35)49)41-22-21-27-17-19-31(20-18-27)53-30-15-9-4-10-16-30/h2-20,25,32-34,36-37,51-52H,21-24H2,1H3,(H2,41,42,44,45)/t33-,34+,36+,37-/m1/s1. The average Bonchev–Trinajstić information content (AvgIpc) is 3.90. The Morgan fingerprint density at radius 1 is 0.774 bits per heavy atom. The van der Waals surface area contributed by atoms with E-state index in [9.17, 15) is 10.2 Å². The minimum atomic E-state index is -1.11. The van der Waals surface area contributed by atoms with Gasteiger partial charge in [0.1, 0.15) is 29.7 Å². The fourth-order valence-electron chi connectivity index (χ4n) is 6.96. The molecule has 8 rings (SSSR count). The number of imidazole rings is 1. The van der Waals surface area contributed by atoms with Crippen molar-refractivity contribution < 1.29 is 14.9 Å². The topological polar surface area (TPSA) is 161 Å². The van der Waals surface area contributed by atoms with Gasteiger partial charge in [-0.05, 0) is 65.9 Å². The summed E-state index contributed by atoms with van der Waals surface area (Å²) in [6.07, 6.45) is 0.514. The Morgan fingerprint density at radius 2 is 1.42 bits per heavy atom. The molecule has 0 saturated heterocycles. The zero-order chi connectivity index (χ0) is 36.1. The third-order valence-corrected chi connectivity index (χ3v) is 9.70. The molecular formula is C40H40N10O3. The molecule has 7 aromatic rings. The van der Waals surface area contributed by atoms with Crippen molar-refractivity contribution in [2.75, 3.05) is 23.7 Å². The highest BCUT2D eigenvalue weighted by atomic mass is 16.5. The van der Waals surface area contributed by atoms with E-state index in [-0.39, 0.29) is 5.92 Å². The summed E-state index contributed by atoms with van der Waals surface area (Å²) in [7, 11) is 0. The van der Waals surface area contributed by atoms with Crippen LogP contribution in [0.3, 0.4) is 0 Å². The first-order chi connectivity index (χ1) is 26.0. The molecule has 13 heteroatoms. The first-order valence-electron chi connectivity index (χ1n) is 17.8. The van der Waals surface area contributed by atoms with Crippen LogP contribution in [-0.2, 0) is 6.42 Å². The minimum absolute atomic E-state index is 0.0425. The van der Waals surface area contributed by atoms with Crippen molar-refractivity contribution in [2.24, 2.45) is 0 Å². The summed E-state index contributed by atoms with van der Waals surface area (Å²) < 4.78 is 7.78. The molecule has 0 radical (unpaired) electrons. The van der Waals surface area contributed by atoms with Crippen LogP contribution < -0.4 is 15.4 Å². The number of tetrazole rings is 1. The van der Waals surface area contributed by atoms with Crippen LogP contribution in [0.2, 0.25) is 0 Å². The Morgan fingerprint density at radius 3 is 2.08 bits per heavy atom. The molecule has 13 nitrogen and oxygen atoms in total. The molecule has 1 saturated carbocycles. The number of fused-ring (bicyclic) bond motifs is 1. The van der Waals surface area contributed by atoms with Crippen molar-refractivity contribution in [3.05, 3.63) is 144 Å². The maximum absolute atomic E-state index is 11.3. The summed E-state index contributed by atoms with van der Waals surface area (Å²) in [6, 6.07) is 37.4. The van der Waals surface area contributed by atoms with Gasteiger partial charge in [-0.25, -0.2) is 4.98 Å². The molecule has 4 atom stereocenters. The number of benzene rings is 4. The van der Waals surface area contributed by atoms with Gasteiger partial charge in [0.05, 0.1) is 12.4 Å². The highest BCUT2D eigenvalue weighted by Gasteiger charge is 2.45. The van der Waals surface area contributed by atoms with E-state index >= 15 is 0 Å². The van der Waals surface area contributed by atoms with Gasteiger partial charge in [-0.2, -0.15) is 14.8 Å². The van der Waals surface area contributed by atoms with Crippen LogP contribution in [0.4, 0.5) is 11.8 Å². The number of anilines is 2. The zero-order valence-corrected chi connectivity index (χ0v) is 29.1. The largest absolute Gasteiger partial charge is 0.457 e. The molecule has 1 aliphatic rings. The number of hydrogen-bond acceptors (Lipinski definition) is 11. The number of nitrogens with one attached hydrogen (secondary N) is 2. The smallest absolute Gasteiger partial charge is 0.226 e. The van der Waals surface area contributed by atoms with Gasteiger partial charge in [0.25, 0.3) is 0 Å². The summed E-state index contributed by atoms with van der Waals surface area (Å²) >= 11 is 0. The lowest BCUT2D eigenvalue weighted by Gasteiger charge is -2.20. The second kappa shape index (κ2) is 15.2. The fourth-order valence-corrected chi connectivity index (χ4v) is 6.96. The first-order valence-corrected chi connectivity index (χ1v) is 17.8. The number of ether oxygens (including phenoxy) is 1. The normalized spacial score (nSPS) is 18.4. The maximum Gasteiger partial charge on any atom is 0.226 e. The third kappa shape index (κ3) is 7.43. The lowest BCUT2D eigenvalue weighted by Crippen LogP contribution is -2.31. The van der Waals surface area contributed by atoms with Gasteiger partial charge in [-0.15, -0.1) is 10.2 Å². The maximum atomic E-state index is 11.3. The summed E-state index contributed by atoms with van der Waals surface area (Å²) in [5.41, 5.74) is 4.56. The summed E-state index contributed by atoms with van der Waals surface area (Å²) in [5, 5.41) is 41.7. The Hall–Kier alpha value is -6.18. The van der Waals surface area contributed by atoms with Gasteiger partial charge in [0.2, 0.25) is 5.95 Å². The highest BCUT2D eigenvalue weighted by molar-refractivity contribution is 5.84. The van der Waals surface area contributed by atoms with Crippen molar-refractivity contribution in [3.63, 3.8) is 0 Å². The van der Waals surface area contributed by atoms with Gasteiger partial charge in [-0.3, -0.25) is 0 Å². The Balaban J connectivity index is 1.06. The number of aryl methyl sites for hydroxylation is 1. The lowest BCUT2D eigenvalue weighted by molar-refractivity contribution is 0.00474. The van der Waals surface area contributed by atoms with Crippen LogP contribution in [0.5, 0.6) is 11.5 Å². The molecule has 0 unspecified atom stereocenters. The molecule has 4 aromatic carbocycles. The number of aliphatic hydroxyl groups excluding tert-OH is 2. The third-order valence-electron chi connectivity index (χ3n) is 9.70. The van der Waals surface area contributed by atoms with Crippen LogP contribution in [-0.4, -0.2) is 75.2 Å². The first kappa shape index (κ1) is 33.9. The van der Waals surface area contributed by atoms with Gasteiger partial charge in [0, 0.05) is 19.0 Å². The number of aromatic nitrogens is 8. The Labute approximate surface area is 306 Å². The monoisotopic (exact) mass is 708 g/mol. The van der Waals surface area contributed by atoms with Crippen LogP contribution in [0, 0.1) is 6.92 Å². The average molecular weight is 709 g/mol. The second-order valence-corrected chi connectivity index (χ2v) is 13.2. The quantitative estimate of drug-likeness (QED) is 0.116. The van der Waals surface area contributed by atoms with E-state index in [0.29, 0.717) is 48.3 Å². The molecule has 0 aliphatic heterocycles. The van der Waals surface area contributed by atoms with Gasteiger partial charge < -0.3 is 30.2 Å². The highest BCUT2D eigenvalue weighted by Crippen LogP contribution is 2.39. The molecule has 3 aromatic heterocycles. The molecule has 268 valence electrons. The van der Waals surface area contributed by atoms with Gasteiger partial charge in [-0.1, -0.05) is 91.0 Å². The zero-order valence-electron chi connectivity index (χ0n) is 29.1. The number of nitrogens with zero attached hydrogens (tertiary/aromatic N) is 8. The van der Waals surface area contributed by atoms with Crippen molar-refractivity contribution in [1.82, 2.24) is 39.7 Å². The molecule has 4 N–H and O–H groups in total. The van der Waals surface area contributed by atoms with E-state index in [1.807, 2.05) is 95.6 Å². The lowest BCUT2D eigenvalue weighted by atomic mass is 9.91. The molecule has 53 heavy (non-hydrogen) atoms. The number of para-hydroxylation sites is 1. The Bertz CT molecular complexity index is 2210. The van der Waals surface area contributed by atoms with Crippen LogP contribution in [0.1, 0.15) is 46.9 Å². The predicted octanol–water partition coefficient (Wildman–Crippen LogP) is 5.72. The van der Waals surface area contributed by atoms with E-state index < -0.39 is 24.3 Å². The van der Waals surface area contributed by atoms with E-state index in [2.05, 4.69) is 50.3 Å². The SMILES string of the molecule is Cc1nnn([C@H]2C[C@@H](n3cnc4c(NCC(c5ccccc5)c5ccccc5)nc(NCCc5ccc(Oc6ccccc6)cc5)nc43)[C@H](O)[C@@H]2O)n1. The minimum Gasteiger partial charge on any atom is -0.457 e. The van der Waals surface area contributed by atoms with Crippen LogP contribution in [0.15, 0.2) is 122 Å². The van der Waals surface area contributed by atoms with E-state index in [1.165, 1.54) is 15.9 Å². The summed E-state index contributed by atoms with van der Waals surface area (Å²) in [6.45, 7) is 2.85. The van der Waals surface area contributed by atoms with Gasteiger partial charge in [0.15, 0.2) is 22.8 Å². The summed E-state index contributed by atoms with van der Waals surface area (Å²) in [5.74, 6) is 3.07. The van der Waals surface area contributed by atoms with Crippen LogP contribution >= 0.6 is 0 Å². The number of rotatable bonds is 13. The van der Waals surface area contributed by atoms with E-state index in [4.69, 9.17) is 19.7 Å². The molecule has 1 fully saturated rings. The Kier molecular flexibility index (Phi) is 9.73. The van der Waals surface area contributed by atoms with Crippen molar-refractivity contribution in [2.45, 2.75) is 50.0 Å². The molecule has 0 amide bonds. The summed E-state index contributed by atoms with van der Waals surface area (Å²) in [4.78, 5) is 16.0. The fraction of sp³-hybridized carbons (Fsp3) is 0.250. The van der Waals surface area contributed by atoms with Crippen LogP contribution in [0.25, 0.3) is 11.2 Å². The van der Waals surface area contributed by atoms with Gasteiger partial charge >= 0.3 is 0 Å². The molecule has 3 heterocycles. The number of aliphatic hydroxyl groups is 2. The molecule has 0 bridgehead atoms. The predicted molar refractivity (Wildman–Crippen MR) is 201 cm³/mol. The van der Waals surface area contributed by atoms with E-state index in [1.54, 1.807) is 13.3 Å². The van der Waals surface area contributed by atoms with Crippen molar-refractivity contribution >= 4 is 22.9 Å². The van der Waals surface area contributed by atoms with E-state index in [0.717, 1.165) is 23.5 Å².